The second-order valence-electron chi connectivity index (χ2n) is 8.48. The minimum Gasteiger partial charge on any atom is -0.345 e. The summed E-state index contributed by atoms with van der Waals surface area (Å²) >= 11 is 0. The number of allylic oxidation sites excluding steroid dienone is 1. The summed E-state index contributed by atoms with van der Waals surface area (Å²) in [6.45, 7) is 5.20. The number of benzene rings is 1. The molecule has 186 valence electrons. The number of carbonyl (C=O) groups excluding carboxylic acids is 4. The highest BCUT2D eigenvalue weighted by Crippen LogP contribution is 2.22. The van der Waals surface area contributed by atoms with Gasteiger partial charge in [-0.25, -0.2) is 5.01 Å². The minimum absolute atomic E-state index is 0.0297. The Bertz CT molecular complexity index is 838. The van der Waals surface area contributed by atoms with Crippen LogP contribution in [0.4, 0.5) is 0 Å². The third-order valence-electron chi connectivity index (χ3n) is 6.22. The normalized spacial score (nSPS) is 18.4. The van der Waals surface area contributed by atoms with Gasteiger partial charge in [0.25, 0.3) is 0 Å². The summed E-state index contributed by atoms with van der Waals surface area (Å²) in [5.74, 6) is -0.324. The van der Waals surface area contributed by atoms with E-state index < -0.39 is 6.04 Å². The fourth-order valence-electron chi connectivity index (χ4n) is 4.30. The van der Waals surface area contributed by atoms with Crippen LogP contribution in [-0.4, -0.2) is 72.2 Å². The van der Waals surface area contributed by atoms with Crippen LogP contribution >= 0.6 is 0 Å². The molecular formula is C26H38N4O4. The summed E-state index contributed by atoms with van der Waals surface area (Å²) in [6, 6.07) is 8.22. The fraction of sp³-hybridized carbons (Fsp3) is 0.538. The van der Waals surface area contributed by atoms with Crippen molar-refractivity contribution in [1.29, 1.82) is 0 Å². The average molecular weight is 471 g/mol. The van der Waals surface area contributed by atoms with Crippen molar-refractivity contribution < 1.29 is 19.2 Å². The van der Waals surface area contributed by atoms with Crippen LogP contribution in [0, 0.1) is 0 Å². The summed E-state index contributed by atoms with van der Waals surface area (Å²) in [5.41, 5.74) is 0.656. The average Bonchev–Trinajstić information content (AvgIpc) is 2.87. The number of ketones is 1. The minimum atomic E-state index is -0.693. The van der Waals surface area contributed by atoms with Crippen LogP contribution < -0.4 is 10.6 Å². The smallest absolute Gasteiger partial charge is 0.237 e. The third-order valence-corrected chi connectivity index (χ3v) is 6.22. The maximum atomic E-state index is 13.0. The van der Waals surface area contributed by atoms with Gasteiger partial charge in [0.05, 0.1) is 12.1 Å². The number of nitrogens with zero attached hydrogens (tertiary/aromatic N) is 2. The predicted octanol–water partition coefficient (Wildman–Crippen LogP) is 2.51. The molecule has 1 saturated heterocycles. The number of rotatable bonds is 13. The first-order valence-corrected chi connectivity index (χ1v) is 12.2. The summed E-state index contributed by atoms with van der Waals surface area (Å²) in [7, 11) is 1.70. The zero-order chi connectivity index (χ0) is 24.9. The monoisotopic (exact) mass is 470 g/mol. The Morgan fingerprint density at radius 3 is 2.53 bits per heavy atom. The number of amides is 2. The molecule has 0 bridgehead atoms. The maximum absolute atomic E-state index is 13.0. The van der Waals surface area contributed by atoms with Crippen molar-refractivity contribution in [1.82, 2.24) is 20.7 Å². The Morgan fingerprint density at radius 2 is 1.91 bits per heavy atom. The van der Waals surface area contributed by atoms with Gasteiger partial charge >= 0.3 is 0 Å². The molecule has 2 amide bonds. The molecule has 0 saturated carbocycles. The number of aldehydes is 1. The second-order valence-corrected chi connectivity index (χ2v) is 8.48. The molecule has 1 aromatic carbocycles. The van der Waals surface area contributed by atoms with Crippen molar-refractivity contribution in [3.8, 4) is 0 Å². The van der Waals surface area contributed by atoms with E-state index in [9.17, 15) is 19.2 Å². The van der Waals surface area contributed by atoms with Crippen LogP contribution in [0.5, 0.6) is 0 Å². The maximum Gasteiger partial charge on any atom is 0.237 e. The summed E-state index contributed by atoms with van der Waals surface area (Å²) in [5, 5.41) is 9.46. The van der Waals surface area contributed by atoms with Gasteiger partial charge in [-0.1, -0.05) is 50.3 Å². The SMILES string of the molecule is CCC(NC)C(=O)NC(C=O)CCC(=O)N1CCC[C@@H](C/C=C/C(=O)c2ccccc2)N1CC. The Kier molecular flexibility index (Phi) is 11.6. The van der Waals surface area contributed by atoms with E-state index in [-0.39, 0.29) is 42.5 Å². The molecule has 2 rings (SSSR count). The van der Waals surface area contributed by atoms with Gasteiger partial charge in [-0.2, -0.15) is 0 Å². The van der Waals surface area contributed by atoms with Crippen molar-refractivity contribution in [2.24, 2.45) is 0 Å². The van der Waals surface area contributed by atoms with Crippen LogP contribution in [-0.2, 0) is 14.4 Å². The molecule has 2 N–H and O–H groups in total. The van der Waals surface area contributed by atoms with Crippen LogP contribution in [0.2, 0.25) is 0 Å². The van der Waals surface area contributed by atoms with Crippen LogP contribution in [0.1, 0.15) is 62.7 Å². The molecule has 0 aliphatic carbocycles. The van der Waals surface area contributed by atoms with Crippen LogP contribution in [0.25, 0.3) is 0 Å². The van der Waals surface area contributed by atoms with Gasteiger partial charge in [-0.05, 0) is 45.2 Å². The van der Waals surface area contributed by atoms with Gasteiger partial charge in [0.15, 0.2) is 5.78 Å². The largest absolute Gasteiger partial charge is 0.345 e. The third kappa shape index (κ3) is 7.88. The molecule has 8 heteroatoms. The molecule has 1 aliphatic heterocycles. The lowest BCUT2D eigenvalue weighted by molar-refractivity contribution is -0.159. The molecule has 1 fully saturated rings. The molecule has 1 aliphatic rings. The number of likely N-dealkylation sites (N-methyl/N-ethyl adjacent to an activating group) is 1. The van der Waals surface area contributed by atoms with Gasteiger partial charge in [-0.15, -0.1) is 0 Å². The Hall–Kier alpha value is -2.84. The highest BCUT2D eigenvalue weighted by molar-refractivity contribution is 6.04. The van der Waals surface area contributed by atoms with Gasteiger partial charge in [-0.3, -0.25) is 19.4 Å². The van der Waals surface area contributed by atoms with Gasteiger partial charge in [0, 0.05) is 31.1 Å². The number of hydrogen-bond acceptors (Lipinski definition) is 6. The Morgan fingerprint density at radius 1 is 1.18 bits per heavy atom. The van der Waals surface area contributed by atoms with Crippen molar-refractivity contribution in [2.45, 2.75) is 70.5 Å². The first-order chi connectivity index (χ1) is 16.4. The van der Waals surface area contributed by atoms with Crippen LogP contribution in [0.15, 0.2) is 42.5 Å². The standard InChI is InChI=1S/C26H38N4O4/c1-4-23(27-3)26(34)28-21(19-31)16-17-25(33)30-18-10-14-22(29(30)5-2)13-9-15-24(32)20-11-7-6-8-12-20/h6-9,11-12,15,19,21-23,27H,4-5,10,13-14,16-18H2,1-3H3,(H,28,34)/b15-9+/t21?,22-,23?/m1/s1. The highest BCUT2D eigenvalue weighted by atomic mass is 16.2. The first kappa shape index (κ1) is 27.4. The number of carbonyl (C=O) groups is 4. The zero-order valence-electron chi connectivity index (χ0n) is 20.5. The van der Waals surface area contributed by atoms with E-state index >= 15 is 0 Å². The fourth-order valence-corrected chi connectivity index (χ4v) is 4.30. The van der Waals surface area contributed by atoms with Gasteiger partial charge < -0.3 is 15.4 Å². The lowest BCUT2D eigenvalue weighted by atomic mass is 10.0. The second kappa shape index (κ2) is 14.4. The zero-order valence-corrected chi connectivity index (χ0v) is 20.5. The van der Waals surface area contributed by atoms with Crippen molar-refractivity contribution in [2.75, 3.05) is 20.1 Å². The highest BCUT2D eigenvalue weighted by Gasteiger charge is 2.30. The molecule has 34 heavy (non-hydrogen) atoms. The Balaban J connectivity index is 1.91. The van der Waals surface area contributed by atoms with E-state index in [1.807, 2.05) is 38.1 Å². The van der Waals surface area contributed by atoms with Gasteiger partial charge in [0.1, 0.15) is 6.29 Å². The van der Waals surface area contributed by atoms with Crippen molar-refractivity contribution in [3.05, 3.63) is 48.0 Å². The molecule has 2 unspecified atom stereocenters. The first-order valence-electron chi connectivity index (χ1n) is 12.2. The van der Waals surface area contributed by atoms with E-state index in [1.165, 1.54) is 0 Å². The van der Waals surface area contributed by atoms with E-state index in [0.29, 0.717) is 37.8 Å². The van der Waals surface area contributed by atoms with E-state index in [2.05, 4.69) is 15.6 Å². The summed E-state index contributed by atoms with van der Waals surface area (Å²) in [4.78, 5) is 49.0. The summed E-state index contributed by atoms with van der Waals surface area (Å²) in [6.07, 6.45) is 7.72. The van der Waals surface area contributed by atoms with Gasteiger partial charge in [0.2, 0.25) is 11.8 Å². The predicted molar refractivity (Wildman–Crippen MR) is 132 cm³/mol. The van der Waals surface area contributed by atoms with E-state index in [4.69, 9.17) is 0 Å². The molecule has 1 heterocycles. The molecule has 0 radical (unpaired) electrons. The van der Waals surface area contributed by atoms with Crippen molar-refractivity contribution >= 4 is 23.9 Å². The molecule has 1 aromatic rings. The molecular weight excluding hydrogens is 432 g/mol. The molecule has 0 aromatic heterocycles. The number of hydrazine groups is 1. The molecule has 0 spiro atoms. The number of nitrogens with one attached hydrogen (secondary N) is 2. The summed E-state index contributed by atoms with van der Waals surface area (Å²) < 4.78 is 0. The lowest BCUT2D eigenvalue weighted by Crippen LogP contribution is -2.55. The Labute approximate surface area is 202 Å². The topological polar surface area (TPSA) is 98.8 Å². The molecule has 8 nitrogen and oxygen atoms in total. The van der Waals surface area contributed by atoms with Crippen molar-refractivity contribution in [3.63, 3.8) is 0 Å². The van der Waals surface area contributed by atoms with E-state index in [0.717, 1.165) is 12.8 Å². The number of hydrogen-bond donors (Lipinski definition) is 2. The quantitative estimate of drug-likeness (QED) is 0.261. The van der Waals surface area contributed by atoms with Crippen LogP contribution in [0.3, 0.4) is 0 Å². The molecule has 3 atom stereocenters. The van der Waals surface area contributed by atoms with E-state index in [1.54, 1.807) is 30.3 Å². The lowest BCUT2D eigenvalue weighted by Gasteiger charge is -2.43.